The molecule has 0 N–H and O–H groups in total. The van der Waals surface area contributed by atoms with Crippen molar-refractivity contribution >= 4 is 35.1 Å². The largest absolute Gasteiger partial charge is 0.461 e. The summed E-state index contributed by atoms with van der Waals surface area (Å²) in [5.74, 6) is -0.422. The number of carbonyl (C=O) groups excluding carboxylic acids is 1. The van der Waals surface area contributed by atoms with E-state index in [2.05, 4.69) is 26.3 Å². The van der Waals surface area contributed by atoms with Gasteiger partial charge in [-0.25, -0.2) is 4.79 Å². The first kappa shape index (κ1) is 17.5. The molecule has 7 nitrogen and oxygen atoms in total. The first-order valence-electron chi connectivity index (χ1n) is 7.79. The Morgan fingerprint density at radius 3 is 2.58 bits per heavy atom. The van der Waals surface area contributed by atoms with Gasteiger partial charge >= 0.3 is 5.97 Å². The highest BCUT2D eigenvalue weighted by Gasteiger charge is 2.21. The van der Waals surface area contributed by atoms with Gasteiger partial charge in [0.1, 0.15) is 6.01 Å². The molecule has 0 aliphatic carbocycles. The minimum atomic E-state index is -0.610. The van der Waals surface area contributed by atoms with Crippen molar-refractivity contribution in [2.24, 2.45) is 9.98 Å². The molecule has 26 heavy (non-hydrogen) atoms. The number of para-hydroxylation sites is 1. The Hall–Kier alpha value is -3.28. The van der Waals surface area contributed by atoms with E-state index in [1.807, 2.05) is 30.3 Å². The second-order valence-corrected chi connectivity index (χ2v) is 5.47. The van der Waals surface area contributed by atoms with Gasteiger partial charge in [-0.15, -0.1) is 5.10 Å². The van der Waals surface area contributed by atoms with E-state index in [4.69, 9.17) is 16.3 Å². The molecule has 0 amide bonds. The lowest BCUT2D eigenvalue weighted by atomic mass is 10.3. The third kappa shape index (κ3) is 4.03. The van der Waals surface area contributed by atoms with Gasteiger partial charge in [0.15, 0.2) is 0 Å². The van der Waals surface area contributed by atoms with Crippen LogP contribution in [0.3, 0.4) is 0 Å². The fraction of sp³-hybridized carbons (Fsp3) is 0.111. The molecular formula is C18H14ClN5O2. The molecule has 0 unspecified atom stereocenters. The van der Waals surface area contributed by atoms with Crippen molar-refractivity contribution in [3.63, 3.8) is 0 Å². The molecule has 0 atom stereocenters. The first-order valence-corrected chi connectivity index (χ1v) is 8.17. The monoisotopic (exact) mass is 367 g/mol. The Labute approximate surface area is 154 Å². The number of aliphatic imine (C=N–C) groups is 2. The Bertz CT molecular complexity index is 961. The van der Waals surface area contributed by atoms with Crippen molar-refractivity contribution in [3.05, 3.63) is 65.3 Å². The number of carbonyl (C=O) groups is 1. The van der Waals surface area contributed by atoms with Gasteiger partial charge < -0.3 is 4.74 Å². The minimum Gasteiger partial charge on any atom is -0.461 e. The normalized spacial score (nSPS) is 10.1. The van der Waals surface area contributed by atoms with E-state index >= 15 is 0 Å². The summed E-state index contributed by atoms with van der Waals surface area (Å²) in [6.07, 6.45) is 0. The van der Waals surface area contributed by atoms with Crippen LogP contribution < -0.4 is 0 Å². The van der Waals surface area contributed by atoms with Gasteiger partial charge in [-0.1, -0.05) is 35.0 Å². The number of aromatic nitrogens is 3. The summed E-state index contributed by atoms with van der Waals surface area (Å²) in [5, 5.41) is 8.50. The SMILES string of the molecule is CCOC(=O)c1nnn(-c2ccccc2)c1N=C=Nc1ccc(Cl)cc1. The van der Waals surface area contributed by atoms with Crippen molar-refractivity contribution in [3.8, 4) is 5.69 Å². The van der Waals surface area contributed by atoms with E-state index in [0.29, 0.717) is 16.4 Å². The summed E-state index contributed by atoms with van der Waals surface area (Å²) >= 11 is 5.84. The topological polar surface area (TPSA) is 81.7 Å². The predicted molar refractivity (Wildman–Crippen MR) is 98.0 cm³/mol. The maximum absolute atomic E-state index is 12.1. The lowest BCUT2D eigenvalue weighted by molar-refractivity contribution is 0.0520. The zero-order valence-electron chi connectivity index (χ0n) is 13.8. The van der Waals surface area contributed by atoms with Crippen LogP contribution in [0, 0.1) is 0 Å². The van der Waals surface area contributed by atoms with Crippen molar-refractivity contribution in [1.29, 1.82) is 0 Å². The second-order valence-electron chi connectivity index (χ2n) is 5.03. The quantitative estimate of drug-likeness (QED) is 0.499. The molecule has 0 bridgehead atoms. The van der Waals surface area contributed by atoms with Crippen molar-refractivity contribution in [2.75, 3.05) is 6.61 Å². The van der Waals surface area contributed by atoms with Gasteiger partial charge in [0.2, 0.25) is 11.5 Å². The van der Waals surface area contributed by atoms with Crippen LogP contribution in [0.4, 0.5) is 11.5 Å². The molecule has 8 heteroatoms. The van der Waals surface area contributed by atoms with Gasteiger partial charge in [-0.05, 0) is 43.3 Å². The molecule has 0 spiro atoms. The number of benzene rings is 2. The van der Waals surface area contributed by atoms with Crippen molar-refractivity contribution in [2.45, 2.75) is 6.92 Å². The number of hydrogen-bond acceptors (Lipinski definition) is 6. The summed E-state index contributed by atoms with van der Waals surface area (Å²) in [6.45, 7) is 1.93. The number of hydrogen-bond donors (Lipinski definition) is 0. The van der Waals surface area contributed by atoms with Crippen LogP contribution in [0.25, 0.3) is 5.69 Å². The Balaban J connectivity index is 2.02. The number of ether oxygens (including phenoxy) is 1. The third-order valence-corrected chi connectivity index (χ3v) is 3.53. The van der Waals surface area contributed by atoms with Gasteiger partial charge in [0.05, 0.1) is 18.0 Å². The maximum Gasteiger partial charge on any atom is 0.362 e. The number of rotatable bonds is 5. The van der Waals surface area contributed by atoms with Crippen LogP contribution in [0.15, 0.2) is 64.6 Å². The minimum absolute atomic E-state index is 0.00508. The summed E-state index contributed by atoms with van der Waals surface area (Å²) in [6, 6.07) is 18.6. The number of esters is 1. The summed E-state index contributed by atoms with van der Waals surface area (Å²) in [4.78, 5) is 20.4. The second kappa shape index (κ2) is 8.20. The molecule has 0 fully saturated rings. The highest BCUT2D eigenvalue weighted by Crippen LogP contribution is 2.22. The predicted octanol–water partition coefficient (Wildman–Crippen LogP) is 4.23. The molecule has 2 aromatic carbocycles. The highest BCUT2D eigenvalue weighted by molar-refractivity contribution is 6.30. The Morgan fingerprint density at radius 1 is 1.15 bits per heavy atom. The van der Waals surface area contributed by atoms with Crippen molar-refractivity contribution in [1.82, 2.24) is 15.0 Å². The molecule has 130 valence electrons. The standard InChI is InChI=1S/C18H14ClN5O2/c1-2-26-18(25)16-17(21-12-20-14-10-8-13(19)9-11-14)24(23-22-16)15-6-4-3-5-7-15/h3-11H,2H2,1H3. The van der Waals surface area contributed by atoms with Gasteiger partial charge in [0.25, 0.3) is 0 Å². The van der Waals surface area contributed by atoms with E-state index in [1.54, 1.807) is 31.2 Å². The molecule has 3 aromatic rings. The smallest absolute Gasteiger partial charge is 0.362 e. The lowest BCUT2D eigenvalue weighted by Gasteiger charge is -2.02. The maximum atomic E-state index is 12.1. The molecule has 1 aromatic heterocycles. The summed E-state index contributed by atoms with van der Waals surface area (Å²) in [5.41, 5.74) is 1.31. The Morgan fingerprint density at radius 2 is 1.88 bits per heavy atom. The van der Waals surface area contributed by atoms with E-state index in [0.717, 1.165) is 0 Å². The Kier molecular flexibility index (Phi) is 5.53. The third-order valence-electron chi connectivity index (χ3n) is 3.28. The van der Waals surface area contributed by atoms with E-state index in [9.17, 15) is 4.79 Å². The molecule has 0 aliphatic heterocycles. The summed E-state index contributed by atoms with van der Waals surface area (Å²) < 4.78 is 6.43. The van der Waals surface area contributed by atoms with E-state index < -0.39 is 5.97 Å². The molecule has 3 rings (SSSR count). The van der Waals surface area contributed by atoms with Crippen LogP contribution in [0.1, 0.15) is 17.4 Å². The fourth-order valence-corrected chi connectivity index (χ4v) is 2.22. The highest BCUT2D eigenvalue weighted by atomic mass is 35.5. The average Bonchev–Trinajstić information content (AvgIpc) is 3.08. The molecule has 1 heterocycles. The lowest BCUT2D eigenvalue weighted by Crippen LogP contribution is -2.05. The fourth-order valence-electron chi connectivity index (χ4n) is 2.10. The molecule has 0 radical (unpaired) electrons. The van der Waals surface area contributed by atoms with E-state index in [-0.39, 0.29) is 18.1 Å². The van der Waals surface area contributed by atoms with Crippen LogP contribution in [0.5, 0.6) is 0 Å². The van der Waals surface area contributed by atoms with Crippen LogP contribution in [-0.4, -0.2) is 33.6 Å². The molecule has 0 saturated carbocycles. The van der Waals surface area contributed by atoms with E-state index in [1.165, 1.54) is 4.68 Å². The molecule has 0 saturated heterocycles. The van der Waals surface area contributed by atoms with Gasteiger partial charge in [-0.2, -0.15) is 14.7 Å². The van der Waals surface area contributed by atoms with Crippen LogP contribution >= 0.6 is 11.6 Å². The van der Waals surface area contributed by atoms with Crippen molar-refractivity contribution < 1.29 is 9.53 Å². The summed E-state index contributed by atoms with van der Waals surface area (Å²) in [7, 11) is 0. The van der Waals surface area contributed by atoms with Gasteiger partial charge in [0, 0.05) is 5.02 Å². The van der Waals surface area contributed by atoms with Crippen LogP contribution in [0.2, 0.25) is 5.02 Å². The molecular weight excluding hydrogens is 354 g/mol. The number of halogens is 1. The first-order chi connectivity index (χ1) is 12.7. The van der Waals surface area contributed by atoms with Gasteiger partial charge in [-0.3, -0.25) is 0 Å². The van der Waals surface area contributed by atoms with Crippen LogP contribution in [-0.2, 0) is 4.74 Å². The molecule has 0 aliphatic rings. The zero-order valence-corrected chi connectivity index (χ0v) is 14.6. The average molecular weight is 368 g/mol. The zero-order chi connectivity index (χ0) is 18.4. The number of nitrogens with zero attached hydrogens (tertiary/aromatic N) is 5.